The van der Waals surface area contributed by atoms with Crippen molar-refractivity contribution in [3.05, 3.63) is 59.9 Å². The normalized spacial score (nSPS) is 20.3. The average Bonchev–Trinajstić information content (AvgIpc) is 3.40. The van der Waals surface area contributed by atoms with Crippen molar-refractivity contribution in [3.63, 3.8) is 0 Å². The number of ether oxygens (including phenoxy) is 2. The molecule has 1 aliphatic carbocycles. The minimum atomic E-state index is -0.618. The molecular formula is C24H22N6O4. The zero-order chi connectivity index (χ0) is 23.3. The van der Waals surface area contributed by atoms with E-state index in [2.05, 4.69) is 30.8 Å². The number of nitrogens with zero attached hydrogens (tertiary/aromatic N) is 3. The maximum Gasteiger partial charge on any atom is 0.235 e. The summed E-state index contributed by atoms with van der Waals surface area (Å²) in [5.41, 5.74) is 3.08. The van der Waals surface area contributed by atoms with Crippen molar-refractivity contribution in [2.75, 3.05) is 31.0 Å². The summed E-state index contributed by atoms with van der Waals surface area (Å²) in [6, 6.07) is 13.3. The van der Waals surface area contributed by atoms with Gasteiger partial charge in [-0.3, -0.25) is 9.89 Å². The number of H-pyrrole nitrogens is 1. The quantitative estimate of drug-likeness (QED) is 0.332. The zero-order valence-electron chi connectivity index (χ0n) is 18.3. The van der Waals surface area contributed by atoms with Gasteiger partial charge in [-0.05, 0) is 41.8 Å². The molecule has 10 nitrogen and oxygen atoms in total. The summed E-state index contributed by atoms with van der Waals surface area (Å²) >= 11 is 0. The minimum Gasteiger partial charge on any atom is -0.497 e. The number of hydrogen-bond donors (Lipinski definition) is 4. The number of aliphatic hydroxyl groups excluding tert-OH is 1. The third-order valence-electron chi connectivity index (χ3n) is 6.55. The van der Waals surface area contributed by atoms with Crippen LogP contribution in [0.25, 0.3) is 10.9 Å². The van der Waals surface area contributed by atoms with Crippen LogP contribution in [-0.2, 0) is 10.2 Å². The monoisotopic (exact) mass is 458 g/mol. The Kier molecular flexibility index (Phi) is 4.63. The number of aliphatic hydroxyl groups is 1. The van der Waals surface area contributed by atoms with E-state index in [1.807, 2.05) is 36.4 Å². The third-order valence-corrected chi connectivity index (χ3v) is 6.55. The van der Waals surface area contributed by atoms with Crippen molar-refractivity contribution in [2.24, 2.45) is 0 Å². The number of anilines is 3. The van der Waals surface area contributed by atoms with Gasteiger partial charge >= 0.3 is 0 Å². The molecule has 1 amide bonds. The lowest BCUT2D eigenvalue weighted by atomic mass is 9.90. The topological polar surface area (TPSA) is 134 Å². The van der Waals surface area contributed by atoms with E-state index < -0.39 is 5.41 Å². The molecule has 3 heterocycles. The number of hydrogen-bond acceptors (Lipinski definition) is 8. The Bertz CT molecular complexity index is 1420. The SMILES string of the molecule is COc1ccc2c(c1)[C@]1(C[C@H]1c1cccc3[nH]nc(Nc4cc(OCCO)ncn4)c13)C(=O)N2. The number of amides is 1. The van der Waals surface area contributed by atoms with Crippen LogP contribution < -0.4 is 20.1 Å². The Hall–Kier alpha value is -4.18. The van der Waals surface area contributed by atoms with Crippen molar-refractivity contribution >= 4 is 34.1 Å². The maximum absolute atomic E-state index is 13.1. The highest BCUT2D eigenvalue weighted by molar-refractivity contribution is 6.11. The fourth-order valence-corrected chi connectivity index (χ4v) is 4.91. The van der Waals surface area contributed by atoms with Gasteiger partial charge in [0.25, 0.3) is 0 Å². The molecule has 0 bridgehead atoms. The summed E-state index contributed by atoms with van der Waals surface area (Å²) in [5.74, 6) is 2.19. The Morgan fingerprint density at radius 2 is 2.15 bits per heavy atom. The highest BCUT2D eigenvalue weighted by Crippen LogP contribution is 2.66. The molecule has 2 aromatic carbocycles. The smallest absolute Gasteiger partial charge is 0.235 e. The molecule has 6 rings (SSSR count). The Morgan fingerprint density at radius 3 is 3.00 bits per heavy atom. The first-order valence-corrected chi connectivity index (χ1v) is 10.9. The van der Waals surface area contributed by atoms with Gasteiger partial charge in [-0.25, -0.2) is 9.97 Å². The van der Waals surface area contributed by atoms with Crippen LogP contribution in [-0.4, -0.2) is 51.5 Å². The highest BCUT2D eigenvalue weighted by Gasteiger charge is 2.65. The first kappa shape index (κ1) is 20.4. The van der Waals surface area contributed by atoms with Gasteiger partial charge in [0.1, 0.15) is 24.5 Å². The molecular weight excluding hydrogens is 436 g/mol. The summed E-state index contributed by atoms with van der Waals surface area (Å²) in [6.07, 6.45) is 2.09. The fraction of sp³-hybridized carbons (Fsp3) is 0.250. The molecule has 2 atom stereocenters. The Labute approximate surface area is 194 Å². The van der Waals surface area contributed by atoms with Crippen LogP contribution in [0.3, 0.4) is 0 Å². The van der Waals surface area contributed by atoms with Gasteiger partial charge in [-0.15, -0.1) is 0 Å². The summed E-state index contributed by atoms with van der Waals surface area (Å²) in [6.45, 7) is 0.0376. The predicted molar refractivity (Wildman–Crippen MR) is 125 cm³/mol. The number of rotatable bonds is 7. The van der Waals surface area contributed by atoms with Gasteiger partial charge in [0.05, 0.1) is 24.6 Å². The fourth-order valence-electron chi connectivity index (χ4n) is 4.91. The second-order valence-electron chi connectivity index (χ2n) is 8.37. The van der Waals surface area contributed by atoms with Gasteiger partial charge in [0.15, 0.2) is 5.82 Å². The molecule has 1 spiro atoms. The lowest BCUT2D eigenvalue weighted by Crippen LogP contribution is -2.21. The zero-order valence-corrected chi connectivity index (χ0v) is 18.3. The average molecular weight is 458 g/mol. The second kappa shape index (κ2) is 7.70. The van der Waals surface area contributed by atoms with Gasteiger partial charge in [0, 0.05) is 23.1 Å². The molecule has 10 heteroatoms. The number of nitrogens with one attached hydrogen (secondary N) is 3. The van der Waals surface area contributed by atoms with Crippen LogP contribution in [0.5, 0.6) is 11.6 Å². The highest BCUT2D eigenvalue weighted by atomic mass is 16.5. The van der Waals surface area contributed by atoms with Crippen molar-refractivity contribution in [1.82, 2.24) is 20.2 Å². The van der Waals surface area contributed by atoms with Gasteiger partial charge in [-0.1, -0.05) is 12.1 Å². The minimum absolute atomic E-state index is 0.00319. The molecule has 1 aliphatic heterocycles. The van der Waals surface area contributed by atoms with Gasteiger partial charge in [0.2, 0.25) is 11.8 Å². The maximum atomic E-state index is 13.1. The van der Waals surface area contributed by atoms with Crippen LogP contribution in [0, 0.1) is 0 Å². The van der Waals surface area contributed by atoms with E-state index >= 15 is 0 Å². The molecule has 1 fully saturated rings. The first-order valence-electron chi connectivity index (χ1n) is 10.9. The summed E-state index contributed by atoms with van der Waals surface area (Å²) in [7, 11) is 1.63. The van der Waals surface area contributed by atoms with E-state index in [4.69, 9.17) is 14.6 Å². The van der Waals surface area contributed by atoms with Crippen molar-refractivity contribution in [1.29, 1.82) is 0 Å². The molecule has 1 saturated carbocycles. The number of aromatic amines is 1. The number of methoxy groups -OCH3 is 1. The molecule has 0 unspecified atom stereocenters. The van der Waals surface area contributed by atoms with E-state index in [-0.39, 0.29) is 25.0 Å². The molecule has 172 valence electrons. The van der Waals surface area contributed by atoms with E-state index in [9.17, 15) is 4.79 Å². The van der Waals surface area contributed by atoms with Crippen LogP contribution in [0.2, 0.25) is 0 Å². The van der Waals surface area contributed by atoms with Crippen LogP contribution in [0.1, 0.15) is 23.5 Å². The van der Waals surface area contributed by atoms with E-state index in [0.717, 1.165) is 33.5 Å². The number of carbonyl (C=O) groups excluding carboxylic acids is 1. The lowest BCUT2D eigenvalue weighted by Gasteiger charge is -2.12. The number of fused-ring (bicyclic) bond motifs is 3. The standard InChI is InChI=1S/C24H22N6O4/c1-33-13-5-6-17-15(9-13)24(23(32)27-17)11-16(24)14-3-2-4-18-21(14)22(30-29-18)28-19-10-20(26-12-25-19)34-8-7-31/h2-6,9-10,12,16,31H,7-8,11H2,1H3,(H,27,32)(H2,25,26,28,29,30)/t16-,24-/m0/s1. The summed E-state index contributed by atoms with van der Waals surface area (Å²) < 4.78 is 10.8. The lowest BCUT2D eigenvalue weighted by molar-refractivity contribution is -0.118. The molecule has 2 aromatic heterocycles. The number of benzene rings is 2. The largest absolute Gasteiger partial charge is 0.497 e. The van der Waals surface area contributed by atoms with Crippen molar-refractivity contribution in [3.8, 4) is 11.6 Å². The summed E-state index contributed by atoms with van der Waals surface area (Å²) in [4.78, 5) is 21.4. The molecule has 4 N–H and O–H groups in total. The van der Waals surface area contributed by atoms with E-state index in [0.29, 0.717) is 23.9 Å². The Morgan fingerprint density at radius 1 is 1.24 bits per heavy atom. The summed E-state index contributed by atoms with van der Waals surface area (Å²) in [5, 5.41) is 23.7. The van der Waals surface area contributed by atoms with E-state index in [1.165, 1.54) is 6.33 Å². The van der Waals surface area contributed by atoms with Crippen LogP contribution in [0.4, 0.5) is 17.3 Å². The third kappa shape index (κ3) is 3.06. The van der Waals surface area contributed by atoms with Crippen LogP contribution in [0.15, 0.2) is 48.8 Å². The van der Waals surface area contributed by atoms with Crippen LogP contribution >= 0.6 is 0 Å². The van der Waals surface area contributed by atoms with Gasteiger partial charge in [-0.2, -0.15) is 5.10 Å². The number of carbonyl (C=O) groups is 1. The predicted octanol–water partition coefficient (Wildman–Crippen LogP) is 2.85. The first-order chi connectivity index (χ1) is 16.6. The second-order valence-corrected chi connectivity index (χ2v) is 8.37. The Balaban J connectivity index is 1.37. The molecule has 2 aliphatic rings. The number of aromatic nitrogens is 4. The molecule has 0 radical (unpaired) electrons. The molecule has 4 aromatic rings. The van der Waals surface area contributed by atoms with Crippen molar-refractivity contribution in [2.45, 2.75) is 17.8 Å². The molecule has 0 saturated heterocycles. The van der Waals surface area contributed by atoms with Crippen molar-refractivity contribution < 1.29 is 19.4 Å². The molecule has 34 heavy (non-hydrogen) atoms. The van der Waals surface area contributed by atoms with E-state index in [1.54, 1.807) is 13.2 Å². The van der Waals surface area contributed by atoms with Gasteiger partial charge < -0.3 is 25.2 Å².